The zero-order chi connectivity index (χ0) is 16.0. The van der Waals surface area contributed by atoms with Gasteiger partial charge in [-0.1, -0.05) is 0 Å². The van der Waals surface area contributed by atoms with Crippen molar-refractivity contribution in [1.82, 2.24) is 4.98 Å². The molecule has 0 amide bonds. The highest BCUT2D eigenvalue weighted by Crippen LogP contribution is 2.09. The molecule has 0 aliphatic carbocycles. The van der Waals surface area contributed by atoms with E-state index in [9.17, 15) is 16.8 Å². The fourth-order valence-corrected chi connectivity index (χ4v) is 2.96. The van der Waals surface area contributed by atoms with Crippen LogP contribution in [0.1, 0.15) is 17.3 Å². The van der Waals surface area contributed by atoms with Crippen molar-refractivity contribution in [3.05, 3.63) is 17.3 Å². The number of nitrogens with zero attached hydrogens (tertiary/aromatic N) is 1. The van der Waals surface area contributed by atoms with Crippen LogP contribution in [0.15, 0.2) is 4.42 Å². The average molecular weight is 350 g/mol. The number of alkyl halides is 1. The molecule has 118 valence electrons. The smallest absolute Gasteiger partial charge is 0.265 e. The summed E-state index contributed by atoms with van der Waals surface area (Å²) >= 11 is 5.53. The topological polar surface area (TPSA) is 135 Å². The van der Waals surface area contributed by atoms with E-state index in [0.29, 0.717) is 5.88 Å². The minimum atomic E-state index is -4.30. The van der Waals surface area contributed by atoms with Gasteiger partial charge >= 0.3 is 0 Å². The lowest BCUT2D eigenvalue weighted by molar-refractivity contribution is 0.472. The molecular weight excluding hydrogens is 334 g/mol. The van der Waals surface area contributed by atoms with Gasteiger partial charge in [-0.15, -0.1) is 11.6 Å². The fourth-order valence-electron chi connectivity index (χ4n) is 1.10. The second kappa shape index (κ2) is 7.93. The van der Waals surface area contributed by atoms with Gasteiger partial charge in [0, 0.05) is 19.2 Å². The highest BCUT2D eigenvalue weighted by Gasteiger charge is 2.11. The molecule has 0 fully saturated rings. The van der Waals surface area contributed by atoms with Crippen LogP contribution in [-0.4, -0.2) is 48.3 Å². The van der Waals surface area contributed by atoms with Crippen molar-refractivity contribution in [2.24, 2.45) is 0 Å². The standard InChI is InChI=1S/C7H10ClNO.C2H6O6S2/c1-5-7(3-4-8)10-6(2)9-5;3-9(4,5)1-2-10(6,7)8/h3-4H2,1-2H3;1-2H2,(H,3,4,5)(H,6,7,8). The van der Waals surface area contributed by atoms with Gasteiger partial charge in [0.1, 0.15) is 5.76 Å². The number of hydrogen-bond acceptors (Lipinski definition) is 6. The lowest BCUT2D eigenvalue weighted by Gasteiger charge is -1.92. The van der Waals surface area contributed by atoms with E-state index in [1.54, 1.807) is 0 Å². The summed E-state index contributed by atoms with van der Waals surface area (Å²) in [6, 6.07) is 0. The van der Waals surface area contributed by atoms with Crippen LogP contribution in [-0.2, 0) is 26.7 Å². The zero-order valence-electron chi connectivity index (χ0n) is 10.9. The minimum absolute atomic E-state index is 0.593. The maximum absolute atomic E-state index is 9.86. The molecule has 0 spiro atoms. The quantitative estimate of drug-likeness (QED) is 0.589. The summed E-state index contributed by atoms with van der Waals surface area (Å²) in [4.78, 5) is 4.10. The number of aryl methyl sites for hydroxylation is 3. The highest BCUT2D eigenvalue weighted by molar-refractivity contribution is 7.89. The van der Waals surface area contributed by atoms with Crippen LogP contribution >= 0.6 is 11.6 Å². The lowest BCUT2D eigenvalue weighted by Crippen LogP contribution is -2.15. The summed E-state index contributed by atoms with van der Waals surface area (Å²) in [5, 5.41) is 0. The van der Waals surface area contributed by atoms with E-state index >= 15 is 0 Å². The van der Waals surface area contributed by atoms with Crippen molar-refractivity contribution >= 4 is 31.8 Å². The van der Waals surface area contributed by atoms with Gasteiger partial charge in [-0.05, 0) is 6.92 Å². The lowest BCUT2D eigenvalue weighted by atomic mass is 10.3. The number of oxazole rings is 1. The Hall–Kier alpha value is -0.680. The van der Waals surface area contributed by atoms with Gasteiger partial charge in [-0.2, -0.15) is 16.8 Å². The second-order valence-electron chi connectivity index (χ2n) is 3.75. The fraction of sp³-hybridized carbons (Fsp3) is 0.667. The van der Waals surface area contributed by atoms with Crippen molar-refractivity contribution in [2.75, 3.05) is 17.4 Å². The molecule has 0 aromatic carbocycles. The van der Waals surface area contributed by atoms with Gasteiger partial charge in [0.15, 0.2) is 5.89 Å². The number of aromatic nitrogens is 1. The van der Waals surface area contributed by atoms with Gasteiger partial charge in [-0.25, -0.2) is 4.98 Å². The van der Waals surface area contributed by atoms with Crippen LogP contribution in [0.25, 0.3) is 0 Å². The van der Waals surface area contributed by atoms with E-state index in [4.69, 9.17) is 25.1 Å². The monoisotopic (exact) mass is 349 g/mol. The van der Waals surface area contributed by atoms with Crippen LogP contribution in [0.2, 0.25) is 0 Å². The first-order valence-corrected chi connectivity index (χ1v) is 9.09. The molecule has 0 unspecified atom stereocenters. The molecule has 1 aromatic heterocycles. The Morgan fingerprint density at radius 3 is 1.80 bits per heavy atom. The number of hydrogen-bond donors (Lipinski definition) is 2. The summed E-state index contributed by atoms with van der Waals surface area (Å²) in [5.41, 5.74) is 0.957. The van der Waals surface area contributed by atoms with E-state index in [0.717, 1.165) is 23.8 Å². The third-order valence-corrected chi connectivity index (χ3v) is 3.81. The molecule has 0 saturated heterocycles. The molecule has 0 radical (unpaired) electrons. The van der Waals surface area contributed by atoms with E-state index in [1.165, 1.54) is 0 Å². The molecule has 2 N–H and O–H groups in total. The first-order chi connectivity index (χ1) is 8.94. The predicted octanol–water partition coefficient (Wildman–Crippen LogP) is 0.835. The summed E-state index contributed by atoms with van der Waals surface area (Å²) in [6.07, 6.45) is 0.772. The van der Waals surface area contributed by atoms with Gasteiger partial charge < -0.3 is 4.42 Å². The summed E-state index contributed by atoms with van der Waals surface area (Å²) in [6.45, 7) is 3.77. The van der Waals surface area contributed by atoms with E-state index in [2.05, 4.69) is 4.98 Å². The molecule has 0 bridgehead atoms. The highest BCUT2D eigenvalue weighted by atomic mass is 35.5. The Kier molecular flexibility index (Phi) is 7.66. The molecule has 8 nitrogen and oxygen atoms in total. The summed E-state index contributed by atoms with van der Waals surface area (Å²) < 4.78 is 60.6. The maximum Gasteiger partial charge on any atom is 0.265 e. The molecule has 0 saturated carbocycles. The Bertz CT molecular complexity index is 589. The van der Waals surface area contributed by atoms with Crippen LogP contribution in [0, 0.1) is 13.8 Å². The Morgan fingerprint density at radius 2 is 1.55 bits per heavy atom. The molecule has 1 heterocycles. The normalized spacial score (nSPS) is 11.8. The van der Waals surface area contributed by atoms with Gasteiger partial charge in [0.05, 0.1) is 17.2 Å². The summed E-state index contributed by atoms with van der Waals surface area (Å²) in [5.74, 6) is 0.262. The molecule has 1 rings (SSSR count). The Labute approximate surface area is 122 Å². The van der Waals surface area contributed by atoms with Crippen LogP contribution in [0.3, 0.4) is 0 Å². The third kappa shape index (κ3) is 10.1. The van der Waals surface area contributed by atoms with E-state index in [1.807, 2.05) is 13.8 Å². The Balaban J connectivity index is 0.000000361. The van der Waals surface area contributed by atoms with Crippen molar-refractivity contribution in [1.29, 1.82) is 0 Å². The van der Waals surface area contributed by atoms with Crippen molar-refractivity contribution in [3.63, 3.8) is 0 Å². The van der Waals surface area contributed by atoms with Gasteiger partial charge in [0.2, 0.25) is 0 Å². The minimum Gasteiger partial charge on any atom is -0.446 e. The van der Waals surface area contributed by atoms with Gasteiger partial charge in [0.25, 0.3) is 20.2 Å². The molecule has 20 heavy (non-hydrogen) atoms. The van der Waals surface area contributed by atoms with Crippen molar-refractivity contribution in [3.8, 4) is 0 Å². The van der Waals surface area contributed by atoms with Crippen LogP contribution in [0.4, 0.5) is 0 Å². The van der Waals surface area contributed by atoms with Gasteiger partial charge in [-0.3, -0.25) is 9.11 Å². The van der Waals surface area contributed by atoms with E-state index < -0.39 is 31.7 Å². The van der Waals surface area contributed by atoms with Crippen LogP contribution in [0.5, 0.6) is 0 Å². The first-order valence-electron chi connectivity index (χ1n) is 5.34. The number of rotatable bonds is 5. The van der Waals surface area contributed by atoms with Crippen molar-refractivity contribution < 1.29 is 30.4 Å². The molecule has 11 heteroatoms. The Morgan fingerprint density at radius 1 is 1.10 bits per heavy atom. The molecule has 0 atom stereocenters. The zero-order valence-corrected chi connectivity index (χ0v) is 13.3. The molecule has 0 aliphatic rings. The molecule has 1 aromatic rings. The van der Waals surface area contributed by atoms with E-state index in [-0.39, 0.29) is 0 Å². The second-order valence-corrected chi connectivity index (χ2v) is 7.27. The largest absolute Gasteiger partial charge is 0.446 e. The summed E-state index contributed by atoms with van der Waals surface area (Å²) in [7, 11) is -8.59. The van der Waals surface area contributed by atoms with Crippen LogP contribution < -0.4 is 0 Å². The van der Waals surface area contributed by atoms with Crippen molar-refractivity contribution in [2.45, 2.75) is 20.3 Å². The average Bonchev–Trinajstić information content (AvgIpc) is 2.54. The molecule has 0 aliphatic heterocycles. The maximum atomic E-state index is 9.86. The number of halogens is 1. The molecular formula is C9H16ClNO7S2. The third-order valence-electron chi connectivity index (χ3n) is 1.92. The SMILES string of the molecule is Cc1nc(C)c(CCCl)o1.O=S(=O)(O)CCS(=O)(=O)O. The predicted molar refractivity (Wildman–Crippen MR) is 73.2 cm³/mol. The first kappa shape index (κ1) is 19.3.